The summed E-state index contributed by atoms with van der Waals surface area (Å²) in [5.41, 5.74) is 1.49. The van der Waals surface area contributed by atoms with Crippen LogP contribution < -0.4 is 10.1 Å². The molecular weight excluding hydrogens is 319 g/mol. The topological polar surface area (TPSA) is 21.3 Å². The number of halogens is 4. The maximum absolute atomic E-state index is 12.3. The third kappa shape index (κ3) is 4.84. The van der Waals surface area contributed by atoms with Gasteiger partial charge >= 0.3 is 6.61 Å². The average Bonchev–Trinajstić information content (AvgIpc) is 2.43. The summed E-state index contributed by atoms with van der Waals surface area (Å²) in [4.78, 5) is 0. The molecule has 21 heavy (non-hydrogen) atoms. The lowest BCUT2D eigenvalue weighted by Crippen LogP contribution is -2.14. The molecule has 0 atom stereocenters. The predicted molar refractivity (Wildman–Crippen MR) is 80.1 cm³/mol. The normalized spacial score (nSPS) is 10.9. The standard InChI is InChI=1S/C15H13Cl2F2NO/c16-12-5-6-14(21-15(18)19)11(7-12)9-20-8-10-3-1-2-4-13(10)17/h1-7,15,20H,8-9H2. The average molecular weight is 332 g/mol. The lowest BCUT2D eigenvalue weighted by Gasteiger charge is -2.12. The molecule has 1 N–H and O–H groups in total. The Morgan fingerprint density at radius 3 is 2.43 bits per heavy atom. The third-order valence-electron chi connectivity index (χ3n) is 2.83. The molecule has 0 amide bonds. The van der Waals surface area contributed by atoms with E-state index in [1.54, 1.807) is 12.1 Å². The van der Waals surface area contributed by atoms with Gasteiger partial charge in [0.25, 0.3) is 0 Å². The molecule has 0 radical (unpaired) electrons. The molecule has 2 rings (SSSR count). The molecule has 0 aliphatic carbocycles. The van der Waals surface area contributed by atoms with Crippen LogP contribution >= 0.6 is 23.2 Å². The fourth-order valence-corrected chi connectivity index (χ4v) is 2.27. The Morgan fingerprint density at radius 1 is 1.00 bits per heavy atom. The van der Waals surface area contributed by atoms with E-state index in [9.17, 15) is 8.78 Å². The van der Waals surface area contributed by atoms with Crippen molar-refractivity contribution in [3.63, 3.8) is 0 Å². The molecule has 112 valence electrons. The number of hydrogen-bond donors (Lipinski definition) is 1. The fraction of sp³-hybridized carbons (Fsp3) is 0.200. The van der Waals surface area contributed by atoms with Crippen molar-refractivity contribution in [2.75, 3.05) is 0 Å². The SMILES string of the molecule is FC(F)Oc1ccc(Cl)cc1CNCc1ccccc1Cl. The zero-order chi connectivity index (χ0) is 15.2. The van der Waals surface area contributed by atoms with Crippen LogP contribution in [-0.4, -0.2) is 6.61 Å². The van der Waals surface area contributed by atoms with Crippen molar-refractivity contribution in [2.24, 2.45) is 0 Å². The van der Waals surface area contributed by atoms with Crippen molar-refractivity contribution in [1.82, 2.24) is 5.32 Å². The highest BCUT2D eigenvalue weighted by Crippen LogP contribution is 2.24. The van der Waals surface area contributed by atoms with Crippen LogP contribution in [-0.2, 0) is 13.1 Å². The lowest BCUT2D eigenvalue weighted by atomic mass is 10.2. The van der Waals surface area contributed by atoms with E-state index < -0.39 is 6.61 Å². The van der Waals surface area contributed by atoms with Crippen LogP contribution in [0.1, 0.15) is 11.1 Å². The van der Waals surface area contributed by atoms with Crippen LogP contribution in [0.3, 0.4) is 0 Å². The highest BCUT2D eigenvalue weighted by atomic mass is 35.5. The Labute approximate surface area is 131 Å². The molecule has 0 fully saturated rings. The second-order valence-electron chi connectivity index (χ2n) is 4.33. The summed E-state index contributed by atoms with van der Waals surface area (Å²) in [7, 11) is 0. The summed E-state index contributed by atoms with van der Waals surface area (Å²) in [6.07, 6.45) is 0. The summed E-state index contributed by atoms with van der Waals surface area (Å²) >= 11 is 11.9. The van der Waals surface area contributed by atoms with Crippen LogP contribution in [0.25, 0.3) is 0 Å². The molecule has 0 aromatic heterocycles. The zero-order valence-corrected chi connectivity index (χ0v) is 12.5. The second-order valence-corrected chi connectivity index (χ2v) is 5.17. The van der Waals surface area contributed by atoms with E-state index in [1.807, 2.05) is 18.2 Å². The van der Waals surface area contributed by atoms with Crippen molar-refractivity contribution in [1.29, 1.82) is 0 Å². The van der Waals surface area contributed by atoms with E-state index in [-0.39, 0.29) is 5.75 Å². The summed E-state index contributed by atoms with van der Waals surface area (Å²) in [5.74, 6) is 0.112. The van der Waals surface area contributed by atoms with Gasteiger partial charge in [0.05, 0.1) is 0 Å². The molecule has 0 aliphatic heterocycles. The summed E-state index contributed by atoms with van der Waals surface area (Å²) < 4.78 is 29.2. The van der Waals surface area contributed by atoms with Gasteiger partial charge in [-0.25, -0.2) is 0 Å². The van der Waals surface area contributed by atoms with Crippen molar-refractivity contribution in [3.05, 3.63) is 63.6 Å². The molecule has 0 saturated heterocycles. The monoisotopic (exact) mass is 331 g/mol. The molecular formula is C15H13Cl2F2NO. The van der Waals surface area contributed by atoms with E-state index in [0.717, 1.165) is 5.56 Å². The van der Waals surface area contributed by atoms with E-state index in [1.165, 1.54) is 12.1 Å². The lowest BCUT2D eigenvalue weighted by molar-refractivity contribution is -0.0505. The minimum Gasteiger partial charge on any atom is -0.434 e. The number of ether oxygens (including phenoxy) is 1. The van der Waals surface area contributed by atoms with E-state index in [0.29, 0.717) is 28.7 Å². The van der Waals surface area contributed by atoms with Gasteiger partial charge in [-0.05, 0) is 29.8 Å². The first-order chi connectivity index (χ1) is 10.1. The number of hydrogen-bond acceptors (Lipinski definition) is 2. The van der Waals surface area contributed by atoms with Gasteiger partial charge in [-0.1, -0.05) is 41.4 Å². The molecule has 0 saturated carbocycles. The van der Waals surface area contributed by atoms with Gasteiger partial charge in [0.1, 0.15) is 5.75 Å². The Hall–Kier alpha value is -1.36. The van der Waals surface area contributed by atoms with Gasteiger partial charge in [0, 0.05) is 28.7 Å². The second kappa shape index (κ2) is 7.59. The molecule has 0 unspecified atom stereocenters. The molecule has 2 nitrogen and oxygen atoms in total. The number of nitrogens with one attached hydrogen (secondary N) is 1. The van der Waals surface area contributed by atoms with Gasteiger partial charge in [-0.15, -0.1) is 0 Å². The highest BCUT2D eigenvalue weighted by Gasteiger charge is 2.10. The van der Waals surface area contributed by atoms with Crippen molar-refractivity contribution in [3.8, 4) is 5.75 Å². The Morgan fingerprint density at radius 2 is 1.71 bits per heavy atom. The Bertz CT molecular complexity index is 608. The van der Waals surface area contributed by atoms with Crippen molar-refractivity contribution in [2.45, 2.75) is 19.7 Å². The van der Waals surface area contributed by atoms with Crippen LogP contribution in [0.5, 0.6) is 5.75 Å². The van der Waals surface area contributed by atoms with E-state index in [4.69, 9.17) is 23.2 Å². The first-order valence-corrected chi connectivity index (χ1v) is 6.99. The van der Waals surface area contributed by atoms with Crippen LogP contribution in [0.15, 0.2) is 42.5 Å². The van der Waals surface area contributed by atoms with Gasteiger partial charge < -0.3 is 10.1 Å². The maximum atomic E-state index is 12.3. The van der Waals surface area contributed by atoms with E-state index >= 15 is 0 Å². The molecule has 0 bridgehead atoms. The molecule has 2 aromatic rings. The van der Waals surface area contributed by atoms with Crippen LogP contribution in [0.4, 0.5) is 8.78 Å². The minimum atomic E-state index is -2.87. The molecule has 0 spiro atoms. The van der Waals surface area contributed by atoms with Crippen molar-refractivity contribution < 1.29 is 13.5 Å². The number of benzene rings is 2. The third-order valence-corrected chi connectivity index (χ3v) is 3.43. The zero-order valence-electron chi connectivity index (χ0n) is 11.0. The van der Waals surface area contributed by atoms with Gasteiger partial charge in [-0.2, -0.15) is 8.78 Å². The molecule has 2 aromatic carbocycles. The fourth-order valence-electron chi connectivity index (χ4n) is 1.87. The molecule has 0 aliphatic rings. The van der Waals surface area contributed by atoms with E-state index in [2.05, 4.69) is 10.1 Å². The minimum absolute atomic E-state index is 0.112. The maximum Gasteiger partial charge on any atom is 0.387 e. The van der Waals surface area contributed by atoms with Gasteiger partial charge in [0.2, 0.25) is 0 Å². The molecule has 0 heterocycles. The number of rotatable bonds is 6. The van der Waals surface area contributed by atoms with Crippen molar-refractivity contribution >= 4 is 23.2 Å². The Kier molecular flexibility index (Phi) is 5.79. The first kappa shape index (κ1) is 16.0. The summed E-state index contributed by atoms with van der Waals surface area (Å²) in [5, 5.41) is 4.25. The Balaban J connectivity index is 2.02. The quantitative estimate of drug-likeness (QED) is 0.814. The predicted octanol–water partition coefficient (Wildman–Crippen LogP) is 4.88. The largest absolute Gasteiger partial charge is 0.434 e. The summed E-state index contributed by atoms with van der Waals surface area (Å²) in [6, 6.07) is 12.0. The summed E-state index contributed by atoms with van der Waals surface area (Å²) in [6.45, 7) is -2.01. The first-order valence-electron chi connectivity index (χ1n) is 6.23. The smallest absolute Gasteiger partial charge is 0.387 e. The van der Waals surface area contributed by atoms with Gasteiger partial charge in [-0.3, -0.25) is 0 Å². The van der Waals surface area contributed by atoms with Gasteiger partial charge in [0.15, 0.2) is 0 Å². The van der Waals surface area contributed by atoms with Crippen LogP contribution in [0, 0.1) is 0 Å². The molecule has 6 heteroatoms. The highest BCUT2D eigenvalue weighted by molar-refractivity contribution is 6.31. The van der Waals surface area contributed by atoms with Crippen LogP contribution in [0.2, 0.25) is 10.0 Å². The number of alkyl halides is 2.